The number of tetrazole rings is 1. The average molecular weight is 481 g/mol. The Kier molecular flexibility index (Phi) is 7.18. The molecule has 0 aliphatic heterocycles. The number of carbonyl (C=O) groups is 3. The number of aromatic nitrogens is 5. The van der Waals surface area contributed by atoms with Crippen molar-refractivity contribution in [2.45, 2.75) is 32.0 Å². The third-order valence-electron chi connectivity index (χ3n) is 4.83. The number of ether oxygens (including phenoxy) is 1. The highest BCUT2D eigenvalue weighted by atomic mass is 32.1. The summed E-state index contributed by atoms with van der Waals surface area (Å²) in [6.45, 7) is -0.329. The van der Waals surface area contributed by atoms with Crippen LogP contribution >= 0.6 is 11.3 Å². The van der Waals surface area contributed by atoms with E-state index < -0.39 is 30.3 Å². The molecule has 2 aromatic carbocycles. The first-order chi connectivity index (χ1) is 16.5. The number of carboxylic acids is 1. The number of thiazole rings is 1. The summed E-state index contributed by atoms with van der Waals surface area (Å²) in [5.74, 6) is -1.42. The van der Waals surface area contributed by atoms with Crippen molar-refractivity contribution in [3.63, 3.8) is 0 Å². The Morgan fingerprint density at radius 2 is 1.85 bits per heavy atom. The maximum Gasteiger partial charge on any atom is 0.408 e. The fourth-order valence-electron chi connectivity index (χ4n) is 3.19. The highest BCUT2D eigenvalue weighted by Gasteiger charge is 2.26. The van der Waals surface area contributed by atoms with Crippen molar-refractivity contribution >= 4 is 39.4 Å². The Labute approximate surface area is 197 Å². The second kappa shape index (κ2) is 10.6. The summed E-state index contributed by atoms with van der Waals surface area (Å²) in [4.78, 5) is 40.8. The van der Waals surface area contributed by atoms with E-state index in [0.29, 0.717) is 12.2 Å². The van der Waals surface area contributed by atoms with E-state index in [9.17, 15) is 19.5 Å². The summed E-state index contributed by atoms with van der Waals surface area (Å²) in [6.07, 6.45) is -1.19. The zero-order valence-corrected chi connectivity index (χ0v) is 18.6. The molecule has 11 nitrogen and oxygen atoms in total. The van der Waals surface area contributed by atoms with Crippen LogP contribution in [0.1, 0.15) is 22.8 Å². The number of carbonyl (C=O) groups excluding carboxylic acids is 2. The van der Waals surface area contributed by atoms with Crippen LogP contribution in [0.25, 0.3) is 10.2 Å². The number of fused-ring (bicyclic) bond motifs is 1. The molecule has 0 saturated carbocycles. The number of Topliss-reactive ketones (excluding diaryl/α,β-unsaturated/α-hetero) is 1. The van der Waals surface area contributed by atoms with Crippen LogP contribution in [0.4, 0.5) is 4.79 Å². The molecule has 2 aromatic heterocycles. The van der Waals surface area contributed by atoms with Gasteiger partial charge in [-0.15, -0.1) is 16.4 Å². The molecule has 0 aliphatic carbocycles. The summed E-state index contributed by atoms with van der Waals surface area (Å²) in [5, 5.41) is 23.7. The molecular formula is C22H20N6O5S. The molecule has 0 spiro atoms. The first-order valence-corrected chi connectivity index (χ1v) is 11.1. The minimum absolute atomic E-state index is 0.0139. The first kappa shape index (κ1) is 23.0. The molecule has 1 unspecified atom stereocenters. The van der Waals surface area contributed by atoms with Gasteiger partial charge in [-0.05, 0) is 28.1 Å². The Balaban J connectivity index is 1.40. The highest BCUT2D eigenvalue weighted by Crippen LogP contribution is 2.23. The van der Waals surface area contributed by atoms with E-state index in [-0.39, 0.29) is 13.2 Å². The molecule has 4 rings (SSSR count). The minimum Gasteiger partial charge on any atom is -0.481 e. The summed E-state index contributed by atoms with van der Waals surface area (Å²) < 4.78 is 7.41. The number of aliphatic carboxylic acids is 1. The molecule has 0 aliphatic rings. The third-order valence-corrected chi connectivity index (χ3v) is 5.87. The Morgan fingerprint density at radius 1 is 1.09 bits per heavy atom. The van der Waals surface area contributed by atoms with Gasteiger partial charge in [-0.1, -0.05) is 42.5 Å². The van der Waals surface area contributed by atoms with E-state index in [2.05, 4.69) is 25.8 Å². The molecule has 1 atom stereocenters. The Hall–Kier alpha value is -4.19. The quantitative estimate of drug-likeness (QED) is 0.348. The van der Waals surface area contributed by atoms with E-state index in [4.69, 9.17) is 4.74 Å². The summed E-state index contributed by atoms with van der Waals surface area (Å²) in [5.41, 5.74) is 1.62. The zero-order chi connectivity index (χ0) is 23.9. The summed E-state index contributed by atoms with van der Waals surface area (Å²) in [6, 6.07) is 15.4. The number of alkyl carbamates (subject to hydrolysis) is 1. The number of ketones is 1. The van der Waals surface area contributed by atoms with Gasteiger partial charge in [0.1, 0.15) is 24.2 Å². The maximum absolute atomic E-state index is 12.8. The van der Waals surface area contributed by atoms with Gasteiger partial charge in [0.15, 0.2) is 11.6 Å². The monoisotopic (exact) mass is 480 g/mol. The van der Waals surface area contributed by atoms with E-state index in [1.165, 1.54) is 16.0 Å². The normalized spacial score (nSPS) is 11.8. The van der Waals surface area contributed by atoms with Gasteiger partial charge in [0, 0.05) is 0 Å². The van der Waals surface area contributed by atoms with Crippen LogP contribution < -0.4 is 5.32 Å². The standard InChI is InChI=1S/C22H20N6O5S/c29-17(16(10-21(30)31)24-22(32)33-13-14-6-2-1-3-7-14)12-28-19(25-26-27-28)11-20-23-15-8-4-5-9-18(15)34-20/h1-9,16H,10-13H2,(H,24,32)(H,30,31). The maximum atomic E-state index is 12.8. The van der Waals surface area contributed by atoms with E-state index in [0.717, 1.165) is 20.8 Å². The lowest BCUT2D eigenvalue weighted by molar-refractivity contribution is -0.139. The van der Waals surface area contributed by atoms with Crippen LogP contribution in [0.15, 0.2) is 54.6 Å². The molecule has 1 amide bonds. The van der Waals surface area contributed by atoms with E-state index >= 15 is 0 Å². The molecule has 0 bridgehead atoms. The molecule has 174 valence electrons. The molecule has 0 saturated heterocycles. The SMILES string of the molecule is O=C(O)CC(NC(=O)OCc1ccccc1)C(=O)Cn1nnnc1Cc1nc2ccccc2s1. The van der Waals surface area contributed by atoms with Gasteiger partial charge >= 0.3 is 12.1 Å². The fraction of sp³-hybridized carbons (Fsp3) is 0.227. The lowest BCUT2D eigenvalue weighted by Crippen LogP contribution is -2.44. The molecule has 0 fully saturated rings. The predicted molar refractivity (Wildman–Crippen MR) is 121 cm³/mol. The molecule has 12 heteroatoms. The van der Waals surface area contributed by atoms with Gasteiger partial charge in [-0.2, -0.15) is 0 Å². The molecule has 0 radical (unpaired) electrons. The molecule has 4 aromatic rings. The number of hydrogen-bond acceptors (Lipinski definition) is 9. The van der Waals surface area contributed by atoms with Crippen molar-refractivity contribution in [2.24, 2.45) is 0 Å². The first-order valence-electron chi connectivity index (χ1n) is 10.3. The molecule has 34 heavy (non-hydrogen) atoms. The lowest BCUT2D eigenvalue weighted by atomic mass is 10.1. The molecule has 2 heterocycles. The topological polar surface area (TPSA) is 149 Å². The van der Waals surface area contributed by atoms with Crippen molar-refractivity contribution in [1.82, 2.24) is 30.5 Å². The van der Waals surface area contributed by atoms with Crippen LogP contribution in [0.2, 0.25) is 0 Å². The van der Waals surface area contributed by atoms with Crippen LogP contribution in [-0.2, 0) is 33.9 Å². The van der Waals surface area contributed by atoms with Crippen molar-refractivity contribution < 1.29 is 24.2 Å². The minimum atomic E-state index is -1.31. The second-order valence-corrected chi connectivity index (χ2v) is 8.44. The van der Waals surface area contributed by atoms with Crippen LogP contribution in [0.3, 0.4) is 0 Å². The van der Waals surface area contributed by atoms with Gasteiger partial charge in [-0.3, -0.25) is 9.59 Å². The van der Waals surface area contributed by atoms with Crippen molar-refractivity contribution in [2.75, 3.05) is 0 Å². The van der Waals surface area contributed by atoms with Gasteiger partial charge in [0.2, 0.25) is 0 Å². The number of hydrogen-bond donors (Lipinski definition) is 2. The van der Waals surface area contributed by atoms with Crippen LogP contribution in [0, 0.1) is 0 Å². The summed E-state index contributed by atoms with van der Waals surface area (Å²) in [7, 11) is 0. The second-order valence-electron chi connectivity index (χ2n) is 7.33. The number of rotatable bonds is 10. The summed E-state index contributed by atoms with van der Waals surface area (Å²) >= 11 is 1.49. The largest absolute Gasteiger partial charge is 0.481 e. The Bertz CT molecular complexity index is 1270. The fourth-order valence-corrected chi connectivity index (χ4v) is 4.15. The van der Waals surface area contributed by atoms with Crippen molar-refractivity contribution in [3.8, 4) is 0 Å². The molecule has 2 N–H and O–H groups in total. The highest BCUT2D eigenvalue weighted by molar-refractivity contribution is 7.18. The van der Waals surface area contributed by atoms with Gasteiger partial charge < -0.3 is 15.2 Å². The zero-order valence-electron chi connectivity index (χ0n) is 17.8. The lowest BCUT2D eigenvalue weighted by Gasteiger charge is -2.16. The Morgan fingerprint density at radius 3 is 2.62 bits per heavy atom. The van der Waals surface area contributed by atoms with Crippen molar-refractivity contribution in [1.29, 1.82) is 0 Å². The van der Waals surface area contributed by atoms with Gasteiger partial charge in [0.05, 0.1) is 23.1 Å². The van der Waals surface area contributed by atoms with Crippen molar-refractivity contribution in [3.05, 3.63) is 71.0 Å². The smallest absolute Gasteiger partial charge is 0.408 e. The average Bonchev–Trinajstić information content (AvgIpc) is 3.44. The number of nitrogens with one attached hydrogen (secondary N) is 1. The van der Waals surface area contributed by atoms with Crippen LogP contribution in [-0.4, -0.2) is 54.2 Å². The van der Waals surface area contributed by atoms with E-state index in [1.54, 1.807) is 24.3 Å². The number of nitrogens with zero attached hydrogens (tertiary/aromatic N) is 5. The number of carboxylic acid groups (broad SMARTS) is 1. The molecular weight excluding hydrogens is 460 g/mol. The number of amides is 1. The van der Waals surface area contributed by atoms with Gasteiger partial charge in [-0.25, -0.2) is 14.5 Å². The number of benzene rings is 2. The van der Waals surface area contributed by atoms with Gasteiger partial charge in [0.25, 0.3) is 0 Å². The van der Waals surface area contributed by atoms with Crippen LogP contribution in [0.5, 0.6) is 0 Å². The third kappa shape index (κ3) is 5.98. The van der Waals surface area contributed by atoms with E-state index in [1.807, 2.05) is 30.3 Å². The predicted octanol–water partition coefficient (Wildman–Crippen LogP) is 2.21. The number of para-hydroxylation sites is 1.